The van der Waals surface area contributed by atoms with E-state index in [1.807, 2.05) is 42.5 Å². The van der Waals surface area contributed by atoms with Crippen molar-refractivity contribution < 1.29 is 19.8 Å². The quantitative estimate of drug-likeness (QED) is 0.381. The van der Waals surface area contributed by atoms with Crippen LogP contribution < -0.4 is 0 Å². The van der Waals surface area contributed by atoms with E-state index in [4.69, 9.17) is 5.11 Å². The number of carbonyl (C=O) groups excluding carboxylic acids is 1. The second kappa shape index (κ2) is 6.42. The van der Waals surface area contributed by atoms with E-state index in [1.54, 1.807) is 12.1 Å². The minimum atomic E-state index is -1.53. The first-order valence-electron chi connectivity index (χ1n) is 7.38. The molecular weight excluding hydrogens is 306 g/mol. The zero-order valence-corrected chi connectivity index (χ0v) is 12.7. The van der Waals surface area contributed by atoms with Gasteiger partial charge in [-0.3, -0.25) is 4.79 Å². The van der Waals surface area contributed by atoms with Crippen molar-refractivity contribution in [2.24, 2.45) is 0 Å². The van der Waals surface area contributed by atoms with E-state index < -0.39 is 17.5 Å². The fourth-order valence-corrected chi connectivity index (χ4v) is 2.67. The number of aliphatic hydroxyl groups is 1. The van der Waals surface area contributed by atoms with Gasteiger partial charge >= 0.3 is 5.97 Å². The molecule has 0 aliphatic carbocycles. The van der Waals surface area contributed by atoms with Crippen LogP contribution in [0.1, 0.15) is 21.6 Å². The van der Waals surface area contributed by atoms with Gasteiger partial charge in [0.05, 0.1) is 5.56 Å². The molecule has 0 unspecified atom stereocenters. The lowest BCUT2D eigenvalue weighted by Gasteiger charge is -2.03. The molecule has 1 heterocycles. The molecule has 5 heteroatoms. The van der Waals surface area contributed by atoms with Gasteiger partial charge in [-0.1, -0.05) is 48.5 Å². The molecule has 3 rings (SSSR count). The zero-order chi connectivity index (χ0) is 17.1. The summed E-state index contributed by atoms with van der Waals surface area (Å²) >= 11 is 0. The van der Waals surface area contributed by atoms with Crippen LogP contribution in [0.15, 0.2) is 66.4 Å². The molecular formula is C19H15NO4. The summed E-state index contributed by atoms with van der Waals surface area (Å²) < 4.78 is 0. The van der Waals surface area contributed by atoms with Gasteiger partial charge in [-0.15, -0.1) is 0 Å². The molecule has 24 heavy (non-hydrogen) atoms. The van der Waals surface area contributed by atoms with E-state index in [9.17, 15) is 14.7 Å². The fraction of sp³-hybridized carbons (Fsp3) is 0.0526. The first-order valence-corrected chi connectivity index (χ1v) is 7.38. The van der Waals surface area contributed by atoms with Crippen molar-refractivity contribution in [3.63, 3.8) is 0 Å². The van der Waals surface area contributed by atoms with Crippen LogP contribution >= 0.6 is 0 Å². The van der Waals surface area contributed by atoms with Crippen LogP contribution in [0.25, 0.3) is 10.9 Å². The fourth-order valence-electron chi connectivity index (χ4n) is 2.67. The minimum absolute atomic E-state index is 0.377. The largest absolute Gasteiger partial charge is 0.502 e. The molecule has 2 aromatic carbocycles. The number of aliphatic carboxylic acids is 1. The number of para-hydroxylation sites is 1. The topological polar surface area (TPSA) is 90.4 Å². The average Bonchev–Trinajstić information content (AvgIpc) is 2.93. The number of aromatic nitrogens is 1. The summed E-state index contributed by atoms with van der Waals surface area (Å²) in [6.07, 6.45) is 1.24. The predicted molar refractivity (Wildman–Crippen MR) is 90.2 cm³/mol. The Labute approximate surface area is 137 Å². The van der Waals surface area contributed by atoms with Gasteiger partial charge < -0.3 is 15.2 Å². The van der Waals surface area contributed by atoms with Gasteiger partial charge in [-0.2, -0.15) is 0 Å². The standard InChI is InChI=1S/C19H15NO4/c21-16(11-17(22)19(23)24)18-13-8-4-5-9-14(13)20-15(18)10-12-6-2-1-3-7-12/h1-9,11,20,22H,10H2,(H,23,24)/b17-11-. The summed E-state index contributed by atoms with van der Waals surface area (Å²) in [5, 5.41) is 18.8. The van der Waals surface area contributed by atoms with Crippen LogP contribution in [0.4, 0.5) is 0 Å². The van der Waals surface area contributed by atoms with Gasteiger partial charge in [-0.05, 0) is 11.6 Å². The number of carboxylic acids is 1. The number of H-pyrrole nitrogens is 1. The molecule has 120 valence electrons. The molecule has 0 aliphatic rings. The molecule has 0 fully saturated rings. The van der Waals surface area contributed by atoms with E-state index in [0.29, 0.717) is 23.1 Å². The molecule has 0 amide bonds. The number of benzene rings is 2. The molecule has 0 spiro atoms. The predicted octanol–water partition coefficient (Wildman–Crippen LogP) is 3.47. The highest BCUT2D eigenvalue weighted by molar-refractivity contribution is 6.16. The Kier molecular flexibility index (Phi) is 4.16. The second-order valence-corrected chi connectivity index (χ2v) is 5.39. The van der Waals surface area contributed by atoms with Crippen LogP contribution in [0.3, 0.4) is 0 Å². The number of fused-ring (bicyclic) bond motifs is 1. The molecule has 0 saturated heterocycles. The molecule has 0 aliphatic heterocycles. The molecule has 3 N–H and O–H groups in total. The Bertz CT molecular complexity index is 938. The molecule has 1 aromatic heterocycles. The maximum absolute atomic E-state index is 12.5. The Hall–Kier alpha value is -3.34. The second-order valence-electron chi connectivity index (χ2n) is 5.39. The Morgan fingerprint density at radius 3 is 2.33 bits per heavy atom. The van der Waals surface area contributed by atoms with Crippen molar-refractivity contribution in [3.8, 4) is 0 Å². The Balaban J connectivity index is 2.10. The van der Waals surface area contributed by atoms with Gasteiger partial charge in [0.2, 0.25) is 5.76 Å². The van der Waals surface area contributed by atoms with Crippen molar-refractivity contribution in [2.75, 3.05) is 0 Å². The number of ketones is 1. The van der Waals surface area contributed by atoms with Crippen molar-refractivity contribution in [2.45, 2.75) is 6.42 Å². The average molecular weight is 321 g/mol. The van der Waals surface area contributed by atoms with Gasteiger partial charge in [0.25, 0.3) is 0 Å². The highest BCUT2D eigenvalue weighted by atomic mass is 16.4. The van der Waals surface area contributed by atoms with Gasteiger partial charge in [0, 0.05) is 29.1 Å². The smallest absolute Gasteiger partial charge is 0.371 e. The third-order valence-electron chi connectivity index (χ3n) is 3.74. The van der Waals surface area contributed by atoms with E-state index in [1.165, 1.54) is 0 Å². The number of hydrogen-bond donors (Lipinski definition) is 3. The number of carbonyl (C=O) groups is 2. The third-order valence-corrected chi connectivity index (χ3v) is 3.74. The van der Waals surface area contributed by atoms with E-state index in [-0.39, 0.29) is 0 Å². The number of aromatic amines is 1. The normalized spacial score (nSPS) is 11.6. The molecule has 0 bridgehead atoms. The highest BCUT2D eigenvalue weighted by Gasteiger charge is 2.19. The van der Waals surface area contributed by atoms with Gasteiger partial charge in [0.15, 0.2) is 5.78 Å². The van der Waals surface area contributed by atoms with Crippen molar-refractivity contribution in [3.05, 3.63) is 83.3 Å². The summed E-state index contributed by atoms with van der Waals surface area (Å²) in [6, 6.07) is 16.9. The van der Waals surface area contributed by atoms with Crippen molar-refractivity contribution in [1.29, 1.82) is 0 Å². The van der Waals surface area contributed by atoms with Crippen LogP contribution in [0, 0.1) is 0 Å². The van der Waals surface area contributed by atoms with Crippen molar-refractivity contribution in [1.82, 2.24) is 4.98 Å². The Morgan fingerprint density at radius 2 is 1.62 bits per heavy atom. The van der Waals surface area contributed by atoms with E-state index >= 15 is 0 Å². The highest BCUT2D eigenvalue weighted by Crippen LogP contribution is 2.25. The van der Waals surface area contributed by atoms with Crippen molar-refractivity contribution >= 4 is 22.7 Å². The first kappa shape index (κ1) is 15.6. The number of allylic oxidation sites excluding steroid dienone is 1. The number of rotatable bonds is 5. The number of carboxylic acid groups (broad SMARTS) is 1. The minimum Gasteiger partial charge on any atom is -0.502 e. The summed E-state index contributed by atoms with van der Waals surface area (Å²) in [4.78, 5) is 26.5. The lowest BCUT2D eigenvalue weighted by Crippen LogP contribution is -2.06. The van der Waals surface area contributed by atoms with Crippen LogP contribution in [0.2, 0.25) is 0 Å². The van der Waals surface area contributed by atoms with E-state index in [2.05, 4.69) is 4.98 Å². The van der Waals surface area contributed by atoms with E-state index in [0.717, 1.165) is 17.2 Å². The summed E-state index contributed by atoms with van der Waals surface area (Å²) in [6.45, 7) is 0. The first-order chi connectivity index (χ1) is 11.6. The third kappa shape index (κ3) is 3.05. The lowest BCUT2D eigenvalue weighted by atomic mass is 10.0. The maximum Gasteiger partial charge on any atom is 0.371 e. The lowest BCUT2D eigenvalue weighted by molar-refractivity contribution is -0.135. The van der Waals surface area contributed by atoms with Gasteiger partial charge in [-0.25, -0.2) is 4.79 Å². The number of nitrogens with one attached hydrogen (secondary N) is 1. The molecule has 0 radical (unpaired) electrons. The van der Waals surface area contributed by atoms with Crippen LogP contribution in [0.5, 0.6) is 0 Å². The number of aliphatic hydroxyl groups excluding tert-OH is 1. The molecule has 0 atom stereocenters. The molecule has 3 aromatic rings. The number of hydrogen-bond acceptors (Lipinski definition) is 3. The zero-order valence-electron chi connectivity index (χ0n) is 12.7. The summed E-state index contributed by atoms with van der Waals surface area (Å²) in [5.74, 6) is -3.05. The van der Waals surface area contributed by atoms with Crippen LogP contribution in [-0.4, -0.2) is 26.9 Å². The molecule has 5 nitrogen and oxygen atoms in total. The summed E-state index contributed by atoms with van der Waals surface area (Å²) in [5.41, 5.74) is 2.86. The van der Waals surface area contributed by atoms with Crippen LogP contribution in [-0.2, 0) is 11.2 Å². The molecule has 0 saturated carbocycles. The monoisotopic (exact) mass is 321 g/mol. The SMILES string of the molecule is O=C(O)/C(O)=C/C(=O)c1c(Cc2ccccc2)[nH]c2ccccc12. The van der Waals surface area contributed by atoms with Gasteiger partial charge in [0.1, 0.15) is 0 Å². The Morgan fingerprint density at radius 1 is 0.958 bits per heavy atom. The maximum atomic E-state index is 12.5. The summed E-state index contributed by atoms with van der Waals surface area (Å²) in [7, 11) is 0.